The van der Waals surface area contributed by atoms with E-state index in [9.17, 15) is 0 Å². The van der Waals surface area contributed by atoms with E-state index in [2.05, 4.69) is 6.58 Å². The predicted molar refractivity (Wildman–Crippen MR) is 61.4 cm³/mol. The van der Waals surface area contributed by atoms with Gasteiger partial charge in [-0.15, -0.1) is 18.3 Å². The molecule has 13 heavy (non-hydrogen) atoms. The number of hydrogen-bond acceptors (Lipinski definition) is 1. The van der Waals surface area contributed by atoms with Gasteiger partial charge in [0.2, 0.25) is 0 Å². The largest absolute Gasteiger partial charge is 0.128 e. The summed E-state index contributed by atoms with van der Waals surface area (Å²) >= 11 is 7.85. The number of allylic oxidation sites excluding steroid dienone is 1. The summed E-state index contributed by atoms with van der Waals surface area (Å²) in [7, 11) is 0. The molecule has 0 unspecified atom stereocenters. The van der Waals surface area contributed by atoms with Gasteiger partial charge < -0.3 is 0 Å². The summed E-state index contributed by atoms with van der Waals surface area (Å²) < 4.78 is 0. The molecule has 1 radical (unpaired) electrons. The molecule has 2 heteroatoms. The van der Waals surface area contributed by atoms with Crippen molar-refractivity contribution in [2.24, 2.45) is 0 Å². The second kappa shape index (κ2) is 4.73. The third-order valence-corrected chi connectivity index (χ3v) is 3.21. The highest BCUT2D eigenvalue weighted by atomic mass is 35.5. The highest BCUT2D eigenvalue weighted by Crippen LogP contribution is 2.32. The van der Waals surface area contributed by atoms with Crippen molar-refractivity contribution in [3.05, 3.63) is 47.4 Å². The van der Waals surface area contributed by atoms with Gasteiger partial charge in [-0.2, -0.15) is 0 Å². The zero-order chi connectivity index (χ0) is 9.84. The minimum atomic E-state index is 0.826. The van der Waals surface area contributed by atoms with Gasteiger partial charge in [-0.05, 0) is 17.9 Å². The zero-order valence-electron chi connectivity index (χ0n) is 7.80. The number of hydrogen-bond donors (Lipinski definition) is 0. The first-order valence-corrected chi connectivity index (χ1v) is 5.60. The number of rotatable bonds is 3. The summed E-state index contributed by atoms with van der Waals surface area (Å²) in [6.45, 7) is 5.74. The van der Waals surface area contributed by atoms with Crippen molar-refractivity contribution < 1.29 is 0 Å². The molecule has 0 amide bonds. The third kappa shape index (κ3) is 2.29. The molecule has 0 spiro atoms. The van der Waals surface area contributed by atoms with Crippen LogP contribution in [0.5, 0.6) is 0 Å². The molecule has 0 heterocycles. The van der Waals surface area contributed by atoms with Gasteiger partial charge in [0, 0.05) is 10.8 Å². The first-order chi connectivity index (χ1) is 6.20. The SMILES string of the molecule is C=C[C](C)c1cccc(SC)c1Cl. The molecule has 0 saturated heterocycles. The first-order valence-electron chi connectivity index (χ1n) is 3.99. The highest BCUT2D eigenvalue weighted by Gasteiger charge is 2.09. The van der Waals surface area contributed by atoms with Crippen molar-refractivity contribution in [3.8, 4) is 0 Å². The molecule has 0 aliphatic carbocycles. The Morgan fingerprint density at radius 3 is 2.77 bits per heavy atom. The van der Waals surface area contributed by atoms with Crippen molar-refractivity contribution in [1.29, 1.82) is 0 Å². The monoisotopic (exact) mass is 211 g/mol. The Labute approximate surface area is 89.0 Å². The van der Waals surface area contributed by atoms with Crippen molar-refractivity contribution in [1.82, 2.24) is 0 Å². The third-order valence-electron chi connectivity index (χ3n) is 1.91. The van der Waals surface area contributed by atoms with E-state index >= 15 is 0 Å². The Morgan fingerprint density at radius 2 is 2.23 bits per heavy atom. The van der Waals surface area contributed by atoms with Crippen molar-refractivity contribution in [2.75, 3.05) is 6.26 Å². The normalized spacial score (nSPS) is 10.5. The Hall–Kier alpha value is -0.400. The molecule has 0 fully saturated rings. The molecule has 0 nitrogen and oxygen atoms in total. The Kier molecular flexibility index (Phi) is 3.89. The zero-order valence-corrected chi connectivity index (χ0v) is 9.38. The smallest absolute Gasteiger partial charge is 0.0582 e. The fourth-order valence-electron chi connectivity index (χ4n) is 1.08. The molecule has 69 valence electrons. The molecule has 1 aromatic rings. The van der Waals surface area contributed by atoms with Crippen LogP contribution in [0.2, 0.25) is 5.02 Å². The highest BCUT2D eigenvalue weighted by molar-refractivity contribution is 7.98. The molecular formula is C11H12ClS. The standard InChI is InChI=1S/C11H12ClS/c1-4-8(2)9-6-5-7-10(13-3)11(9)12/h4-7H,1H2,2-3H3. The fraction of sp³-hybridized carbons (Fsp3) is 0.182. The van der Waals surface area contributed by atoms with Crippen molar-refractivity contribution in [2.45, 2.75) is 11.8 Å². The molecule has 0 aliphatic rings. The molecule has 0 saturated carbocycles. The summed E-state index contributed by atoms with van der Waals surface area (Å²) in [5, 5.41) is 0.826. The molecular weight excluding hydrogens is 200 g/mol. The van der Waals surface area contributed by atoms with Crippen LogP contribution in [0.1, 0.15) is 12.5 Å². The quantitative estimate of drug-likeness (QED) is 0.676. The number of thioether (sulfide) groups is 1. The van der Waals surface area contributed by atoms with Gasteiger partial charge >= 0.3 is 0 Å². The van der Waals surface area contributed by atoms with Crippen LogP contribution >= 0.6 is 23.4 Å². The van der Waals surface area contributed by atoms with E-state index in [1.165, 1.54) is 0 Å². The van der Waals surface area contributed by atoms with E-state index in [0.717, 1.165) is 21.4 Å². The van der Waals surface area contributed by atoms with Gasteiger partial charge in [-0.25, -0.2) is 0 Å². The van der Waals surface area contributed by atoms with E-state index < -0.39 is 0 Å². The molecule has 1 rings (SSSR count). The number of benzene rings is 1. The Bertz CT molecular complexity index is 307. The summed E-state index contributed by atoms with van der Waals surface area (Å²) in [4.78, 5) is 1.11. The second-order valence-corrected chi connectivity index (χ2v) is 3.93. The lowest BCUT2D eigenvalue weighted by Crippen LogP contribution is -1.91. The van der Waals surface area contributed by atoms with Crippen LogP contribution in [0, 0.1) is 5.92 Å². The first kappa shape index (κ1) is 10.7. The fourth-order valence-corrected chi connectivity index (χ4v) is 2.09. The van der Waals surface area contributed by atoms with E-state index in [1.807, 2.05) is 37.5 Å². The van der Waals surface area contributed by atoms with Gasteiger partial charge in [0.05, 0.1) is 5.02 Å². The van der Waals surface area contributed by atoms with Crippen LogP contribution in [0.25, 0.3) is 0 Å². The van der Waals surface area contributed by atoms with Crippen LogP contribution in [0.15, 0.2) is 35.7 Å². The lowest BCUT2D eigenvalue weighted by Gasteiger charge is -2.10. The van der Waals surface area contributed by atoms with Crippen LogP contribution in [-0.4, -0.2) is 6.26 Å². The molecule has 0 N–H and O–H groups in total. The van der Waals surface area contributed by atoms with Gasteiger partial charge in [-0.3, -0.25) is 0 Å². The minimum absolute atomic E-state index is 0.826. The van der Waals surface area contributed by atoms with E-state index in [1.54, 1.807) is 11.8 Å². The van der Waals surface area contributed by atoms with Crippen molar-refractivity contribution in [3.63, 3.8) is 0 Å². The van der Waals surface area contributed by atoms with E-state index in [4.69, 9.17) is 11.6 Å². The lowest BCUT2D eigenvalue weighted by atomic mass is 10.0. The van der Waals surface area contributed by atoms with Gasteiger partial charge in [0.1, 0.15) is 0 Å². The minimum Gasteiger partial charge on any atom is -0.128 e. The summed E-state index contributed by atoms with van der Waals surface area (Å²) in [5.74, 6) is 1.11. The topological polar surface area (TPSA) is 0 Å². The van der Waals surface area contributed by atoms with Gasteiger partial charge in [0.25, 0.3) is 0 Å². The van der Waals surface area contributed by atoms with Crippen molar-refractivity contribution >= 4 is 23.4 Å². The summed E-state index contributed by atoms with van der Waals surface area (Å²) in [6.07, 6.45) is 3.85. The maximum Gasteiger partial charge on any atom is 0.0582 e. The lowest BCUT2D eigenvalue weighted by molar-refractivity contribution is 1.23. The van der Waals surface area contributed by atoms with Crippen LogP contribution < -0.4 is 0 Å². The molecule has 0 atom stereocenters. The average Bonchev–Trinajstić information content (AvgIpc) is 2.17. The predicted octanol–water partition coefficient (Wildman–Crippen LogP) is 4.19. The number of halogens is 1. The maximum atomic E-state index is 6.19. The Balaban J connectivity index is 3.14. The van der Waals surface area contributed by atoms with Crippen LogP contribution in [0.3, 0.4) is 0 Å². The van der Waals surface area contributed by atoms with Gasteiger partial charge in [-0.1, -0.05) is 36.7 Å². The molecule has 1 aromatic carbocycles. The maximum absolute atomic E-state index is 6.19. The Morgan fingerprint density at radius 1 is 1.54 bits per heavy atom. The summed E-state index contributed by atoms with van der Waals surface area (Å²) in [5.41, 5.74) is 1.07. The second-order valence-electron chi connectivity index (χ2n) is 2.71. The van der Waals surface area contributed by atoms with E-state index in [-0.39, 0.29) is 0 Å². The molecule has 0 bridgehead atoms. The van der Waals surface area contributed by atoms with Crippen LogP contribution in [0.4, 0.5) is 0 Å². The average molecular weight is 212 g/mol. The molecule has 0 aliphatic heterocycles. The summed E-state index contributed by atoms with van der Waals surface area (Å²) in [6, 6.07) is 6.05. The van der Waals surface area contributed by atoms with Crippen LogP contribution in [-0.2, 0) is 0 Å². The van der Waals surface area contributed by atoms with Gasteiger partial charge in [0.15, 0.2) is 0 Å². The van der Waals surface area contributed by atoms with E-state index in [0.29, 0.717) is 0 Å². The molecule has 0 aromatic heterocycles.